The van der Waals surface area contributed by atoms with Crippen LogP contribution in [0.15, 0.2) is 79.1 Å². The highest BCUT2D eigenvalue weighted by Gasteiger charge is 2.31. The van der Waals surface area contributed by atoms with Crippen molar-refractivity contribution in [1.29, 1.82) is 0 Å². The van der Waals surface area contributed by atoms with Crippen molar-refractivity contribution in [3.8, 4) is 28.6 Å². The maximum Gasteiger partial charge on any atom is 0.573 e. The molecule has 4 aromatic rings. The third-order valence-electron chi connectivity index (χ3n) is 5.77. The minimum Gasteiger partial charge on any atom is -0.497 e. The highest BCUT2D eigenvalue weighted by molar-refractivity contribution is 5.80. The monoisotopic (exact) mass is 509 g/mol. The Hall–Kier alpha value is -4.14. The van der Waals surface area contributed by atoms with E-state index in [1.54, 1.807) is 7.11 Å². The summed E-state index contributed by atoms with van der Waals surface area (Å²) in [6.45, 7) is 0. The lowest BCUT2D eigenvalue weighted by Crippen LogP contribution is -2.17. The molecular weight excluding hydrogens is 483 g/mol. The third-order valence-corrected chi connectivity index (χ3v) is 5.77. The van der Waals surface area contributed by atoms with Crippen LogP contribution in [0.4, 0.5) is 13.2 Å². The third kappa shape index (κ3) is 7.67. The molecule has 0 saturated carbocycles. The number of alkyl halides is 3. The molecule has 0 fully saturated rings. The number of carbonyl (C=O) groups is 1. The largest absolute Gasteiger partial charge is 0.573 e. The Balaban J connectivity index is 1.24. The van der Waals surface area contributed by atoms with E-state index in [-0.39, 0.29) is 11.5 Å². The van der Waals surface area contributed by atoms with Crippen molar-refractivity contribution in [2.24, 2.45) is 0 Å². The molecule has 0 aliphatic heterocycles. The van der Waals surface area contributed by atoms with E-state index in [0.29, 0.717) is 24.4 Å². The number of benzene rings is 3. The lowest BCUT2D eigenvalue weighted by molar-refractivity contribution is -0.274. The van der Waals surface area contributed by atoms with Crippen molar-refractivity contribution in [2.75, 3.05) is 7.11 Å². The zero-order valence-corrected chi connectivity index (χ0v) is 20.2. The Morgan fingerprint density at radius 3 is 2.16 bits per heavy atom. The van der Waals surface area contributed by atoms with Gasteiger partial charge in [-0.2, -0.15) is 0 Å². The minimum absolute atomic E-state index is 0.227. The first-order valence-corrected chi connectivity index (χ1v) is 11.8. The molecule has 0 N–H and O–H groups in total. The smallest absolute Gasteiger partial charge is 0.497 e. The van der Waals surface area contributed by atoms with E-state index >= 15 is 0 Å². The van der Waals surface area contributed by atoms with E-state index in [9.17, 15) is 18.0 Å². The average Bonchev–Trinajstić information content (AvgIpc) is 3.37. The van der Waals surface area contributed by atoms with Crippen molar-refractivity contribution in [1.82, 2.24) is 14.8 Å². The van der Waals surface area contributed by atoms with Gasteiger partial charge in [0.2, 0.25) is 0 Å². The van der Waals surface area contributed by atoms with E-state index in [1.807, 2.05) is 48.5 Å². The van der Waals surface area contributed by atoms with Crippen LogP contribution in [0.5, 0.6) is 11.5 Å². The van der Waals surface area contributed by atoms with Crippen LogP contribution < -0.4 is 9.47 Å². The van der Waals surface area contributed by atoms with Crippen molar-refractivity contribution < 1.29 is 27.4 Å². The number of rotatable bonds is 11. The Kier molecular flexibility index (Phi) is 8.22. The van der Waals surface area contributed by atoms with Gasteiger partial charge in [0.1, 0.15) is 23.6 Å². The number of ether oxygens (including phenoxy) is 2. The number of hydrogen-bond acceptors (Lipinski definition) is 5. The molecule has 0 aliphatic carbocycles. The zero-order chi connectivity index (χ0) is 26.3. The van der Waals surface area contributed by atoms with Crippen molar-refractivity contribution >= 4 is 5.78 Å². The Morgan fingerprint density at radius 2 is 1.51 bits per heavy atom. The molecule has 0 amide bonds. The van der Waals surface area contributed by atoms with Gasteiger partial charge < -0.3 is 9.47 Å². The Labute approximate surface area is 212 Å². The Bertz CT molecular complexity index is 1300. The average molecular weight is 510 g/mol. The maximum atomic E-state index is 12.3. The molecule has 6 nitrogen and oxygen atoms in total. The van der Waals surface area contributed by atoms with Gasteiger partial charge in [-0.15, -0.1) is 18.3 Å². The number of carbonyl (C=O) groups excluding carboxylic acids is 1. The first-order chi connectivity index (χ1) is 17.8. The number of unbranched alkanes of at least 4 members (excludes halogenated alkanes) is 1. The van der Waals surface area contributed by atoms with Crippen LogP contribution in [0.1, 0.15) is 30.4 Å². The van der Waals surface area contributed by atoms with E-state index in [2.05, 4.69) is 14.8 Å². The summed E-state index contributed by atoms with van der Waals surface area (Å²) < 4.78 is 47.5. The summed E-state index contributed by atoms with van der Waals surface area (Å²) in [6, 6.07) is 20.9. The summed E-state index contributed by atoms with van der Waals surface area (Å²) >= 11 is 0. The molecule has 1 aromatic heterocycles. The van der Waals surface area contributed by atoms with E-state index < -0.39 is 6.36 Å². The van der Waals surface area contributed by atoms with Crippen molar-refractivity contribution in [3.05, 3.63) is 90.3 Å². The van der Waals surface area contributed by atoms with Gasteiger partial charge in [0.25, 0.3) is 0 Å². The van der Waals surface area contributed by atoms with Gasteiger partial charge in [-0.3, -0.25) is 4.79 Å². The number of methoxy groups -OCH3 is 1. The second-order valence-electron chi connectivity index (χ2n) is 8.52. The molecule has 192 valence electrons. The fraction of sp³-hybridized carbons (Fsp3) is 0.250. The SMILES string of the molecule is COc1ccc(CC(=O)CCCCc2ccc(-c3ncn(-c4ccc(OC(F)(F)F)cc4)n3)cc2)cc1. The molecule has 0 spiro atoms. The number of nitrogens with zero attached hydrogens (tertiary/aromatic N) is 3. The summed E-state index contributed by atoms with van der Waals surface area (Å²) in [5.74, 6) is 1.21. The van der Waals surface area contributed by atoms with Crippen LogP contribution in [-0.4, -0.2) is 34.0 Å². The van der Waals surface area contributed by atoms with Crippen molar-refractivity contribution in [2.45, 2.75) is 38.5 Å². The fourth-order valence-corrected chi connectivity index (χ4v) is 3.85. The summed E-state index contributed by atoms with van der Waals surface area (Å²) in [6.07, 6.45) is 0.363. The second-order valence-corrected chi connectivity index (χ2v) is 8.52. The van der Waals surface area contributed by atoms with Crippen LogP contribution in [0, 0.1) is 0 Å². The van der Waals surface area contributed by atoms with Crippen LogP contribution in [0.25, 0.3) is 17.1 Å². The summed E-state index contributed by atoms with van der Waals surface area (Å²) in [5, 5.41) is 4.42. The topological polar surface area (TPSA) is 66.2 Å². The molecular formula is C28H26F3N3O3. The van der Waals surface area contributed by atoms with Gasteiger partial charge in [0.15, 0.2) is 5.82 Å². The van der Waals surface area contributed by atoms with E-state index in [4.69, 9.17) is 4.74 Å². The first kappa shape index (κ1) is 25.9. The van der Waals surface area contributed by atoms with Gasteiger partial charge in [-0.05, 0) is 66.8 Å². The van der Waals surface area contributed by atoms with Crippen LogP contribution in [0.2, 0.25) is 0 Å². The molecule has 0 saturated heterocycles. The molecule has 0 atom stereocenters. The van der Waals surface area contributed by atoms with Gasteiger partial charge in [0, 0.05) is 18.4 Å². The molecule has 9 heteroatoms. The number of aryl methyl sites for hydroxylation is 1. The standard InChI is InChI=1S/C28H26F3N3O3/c1-36-25-14-8-21(9-15-25)18-24(35)5-3-2-4-20-6-10-22(11-7-20)27-32-19-34(33-27)23-12-16-26(17-13-23)37-28(29,30)31/h6-17,19H,2-5,18H2,1H3. The molecule has 37 heavy (non-hydrogen) atoms. The second kappa shape index (κ2) is 11.7. The van der Waals surface area contributed by atoms with Crippen LogP contribution in [0.3, 0.4) is 0 Å². The first-order valence-electron chi connectivity index (χ1n) is 11.8. The predicted octanol–water partition coefficient (Wildman–Crippen LogP) is 6.37. The molecule has 0 radical (unpaired) electrons. The normalized spacial score (nSPS) is 11.4. The molecule has 0 aliphatic rings. The van der Waals surface area contributed by atoms with E-state index in [1.165, 1.54) is 35.3 Å². The number of aromatic nitrogens is 3. The van der Waals surface area contributed by atoms with Crippen molar-refractivity contribution in [3.63, 3.8) is 0 Å². The zero-order valence-electron chi connectivity index (χ0n) is 20.2. The van der Waals surface area contributed by atoms with Gasteiger partial charge in [-0.25, -0.2) is 9.67 Å². The molecule has 3 aromatic carbocycles. The summed E-state index contributed by atoms with van der Waals surface area (Å²) in [5.41, 5.74) is 3.54. The predicted molar refractivity (Wildman–Crippen MR) is 133 cm³/mol. The number of ketones is 1. The molecule has 1 heterocycles. The highest BCUT2D eigenvalue weighted by Crippen LogP contribution is 2.24. The quantitative estimate of drug-likeness (QED) is 0.220. The number of Topliss-reactive ketones (excluding diaryl/α,β-unsaturated/α-hetero) is 1. The molecule has 4 rings (SSSR count). The Morgan fingerprint density at radius 1 is 0.865 bits per heavy atom. The number of hydrogen-bond donors (Lipinski definition) is 0. The molecule has 0 bridgehead atoms. The van der Waals surface area contributed by atoms with Crippen LogP contribution in [-0.2, 0) is 17.6 Å². The lowest BCUT2D eigenvalue weighted by atomic mass is 10.0. The van der Waals surface area contributed by atoms with Crippen LogP contribution >= 0.6 is 0 Å². The maximum absolute atomic E-state index is 12.3. The summed E-state index contributed by atoms with van der Waals surface area (Å²) in [7, 11) is 1.62. The summed E-state index contributed by atoms with van der Waals surface area (Å²) in [4.78, 5) is 16.6. The number of halogens is 3. The molecule has 0 unspecified atom stereocenters. The van der Waals surface area contributed by atoms with Gasteiger partial charge in [0.05, 0.1) is 12.8 Å². The minimum atomic E-state index is -4.73. The van der Waals surface area contributed by atoms with E-state index in [0.717, 1.165) is 41.7 Å². The fourth-order valence-electron chi connectivity index (χ4n) is 3.85. The van der Waals surface area contributed by atoms with Gasteiger partial charge >= 0.3 is 6.36 Å². The lowest BCUT2D eigenvalue weighted by Gasteiger charge is -2.09. The highest BCUT2D eigenvalue weighted by atomic mass is 19.4. The van der Waals surface area contributed by atoms with Gasteiger partial charge in [-0.1, -0.05) is 36.4 Å².